The highest BCUT2D eigenvalue weighted by Crippen LogP contribution is 2.27. The van der Waals surface area contributed by atoms with Crippen molar-refractivity contribution >= 4 is 38.6 Å². The van der Waals surface area contributed by atoms with Gasteiger partial charge >= 0.3 is 0 Å². The van der Waals surface area contributed by atoms with Gasteiger partial charge in [0, 0.05) is 22.7 Å². The molecule has 6 heteroatoms. The van der Waals surface area contributed by atoms with Crippen LogP contribution >= 0.6 is 22.7 Å². The molecular weight excluding hydrogens is 286 g/mol. The summed E-state index contributed by atoms with van der Waals surface area (Å²) in [4.78, 5) is 5.44. The van der Waals surface area contributed by atoms with Gasteiger partial charge < -0.3 is 5.32 Å². The summed E-state index contributed by atoms with van der Waals surface area (Å²) in [5.41, 5.74) is 1.43. The van der Waals surface area contributed by atoms with E-state index in [1.54, 1.807) is 11.3 Å². The van der Waals surface area contributed by atoms with E-state index < -0.39 is 11.6 Å². The maximum atomic E-state index is 13.5. The zero-order valence-corrected chi connectivity index (χ0v) is 11.7. The summed E-state index contributed by atoms with van der Waals surface area (Å²) >= 11 is 2.91. The molecule has 0 bridgehead atoms. The van der Waals surface area contributed by atoms with Crippen LogP contribution in [0.3, 0.4) is 0 Å². The minimum atomic E-state index is -0.594. The SMILES string of the molecule is Cc1sccc1NCc1nc2cc(F)cc(F)c2s1. The predicted molar refractivity (Wildman–Crippen MR) is 75.9 cm³/mol. The molecule has 3 rings (SSSR count). The maximum absolute atomic E-state index is 13.5. The van der Waals surface area contributed by atoms with E-state index in [1.165, 1.54) is 22.3 Å². The van der Waals surface area contributed by atoms with E-state index in [0.29, 0.717) is 16.8 Å². The lowest BCUT2D eigenvalue weighted by atomic mass is 10.3. The van der Waals surface area contributed by atoms with E-state index in [-0.39, 0.29) is 0 Å². The van der Waals surface area contributed by atoms with Crippen molar-refractivity contribution < 1.29 is 8.78 Å². The second-order valence-corrected chi connectivity index (χ2v) is 6.29. The van der Waals surface area contributed by atoms with Gasteiger partial charge in [0.15, 0.2) is 0 Å². The van der Waals surface area contributed by atoms with E-state index in [4.69, 9.17) is 0 Å². The van der Waals surface area contributed by atoms with Gasteiger partial charge in [-0.15, -0.1) is 22.7 Å². The second-order valence-electron chi connectivity index (χ2n) is 4.09. The number of rotatable bonds is 3. The molecule has 0 unspecified atom stereocenters. The van der Waals surface area contributed by atoms with Crippen LogP contribution in [-0.2, 0) is 6.54 Å². The van der Waals surface area contributed by atoms with Crippen molar-refractivity contribution in [3.8, 4) is 0 Å². The first-order valence-corrected chi connectivity index (χ1v) is 7.35. The first-order chi connectivity index (χ1) is 9.13. The fourth-order valence-electron chi connectivity index (χ4n) is 1.82. The van der Waals surface area contributed by atoms with Crippen LogP contribution in [0.5, 0.6) is 0 Å². The van der Waals surface area contributed by atoms with Crippen molar-refractivity contribution in [1.29, 1.82) is 0 Å². The van der Waals surface area contributed by atoms with Crippen molar-refractivity contribution in [3.63, 3.8) is 0 Å². The van der Waals surface area contributed by atoms with Gasteiger partial charge in [-0.2, -0.15) is 0 Å². The number of aromatic nitrogens is 1. The number of hydrogen-bond acceptors (Lipinski definition) is 4. The van der Waals surface area contributed by atoms with Crippen LogP contribution in [0.25, 0.3) is 10.2 Å². The molecule has 0 saturated heterocycles. The van der Waals surface area contributed by atoms with Crippen LogP contribution in [0.4, 0.5) is 14.5 Å². The third-order valence-corrected chi connectivity index (χ3v) is 4.67. The van der Waals surface area contributed by atoms with Crippen molar-refractivity contribution in [1.82, 2.24) is 4.98 Å². The number of thiophene rings is 1. The summed E-state index contributed by atoms with van der Waals surface area (Å²) in [5, 5.41) is 5.99. The van der Waals surface area contributed by atoms with Gasteiger partial charge in [-0.25, -0.2) is 13.8 Å². The van der Waals surface area contributed by atoms with Gasteiger partial charge in [0.1, 0.15) is 16.6 Å². The minimum Gasteiger partial charge on any atom is -0.378 e. The molecule has 0 aliphatic carbocycles. The molecule has 0 fully saturated rings. The topological polar surface area (TPSA) is 24.9 Å². The Bertz CT molecular complexity index is 733. The molecule has 1 aromatic carbocycles. The highest BCUT2D eigenvalue weighted by Gasteiger charge is 2.10. The molecule has 0 saturated carbocycles. The summed E-state index contributed by atoms with van der Waals surface area (Å²) in [6, 6.07) is 4.14. The summed E-state index contributed by atoms with van der Waals surface area (Å²) in [7, 11) is 0. The average molecular weight is 296 g/mol. The number of benzene rings is 1. The van der Waals surface area contributed by atoms with Crippen LogP contribution in [0.15, 0.2) is 23.6 Å². The van der Waals surface area contributed by atoms with Gasteiger partial charge in [0.25, 0.3) is 0 Å². The molecule has 2 aromatic heterocycles. The van der Waals surface area contributed by atoms with Crippen LogP contribution in [0.1, 0.15) is 9.88 Å². The van der Waals surface area contributed by atoms with Crippen LogP contribution in [0, 0.1) is 18.6 Å². The van der Waals surface area contributed by atoms with Crippen molar-refractivity contribution in [2.75, 3.05) is 5.32 Å². The first kappa shape index (κ1) is 12.5. The number of fused-ring (bicyclic) bond motifs is 1. The smallest absolute Gasteiger partial charge is 0.145 e. The molecule has 0 radical (unpaired) electrons. The van der Waals surface area contributed by atoms with Gasteiger partial charge in [-0.1, -0.05) is 0 Å². The molecule has 2 heterocycles. The standard InChI is InChI=1S/C13H10F2N2S2/c1-7-10(2-3-18-7)16-6-12-17-11-5-8(14)4-9(15)13(11)19-12/h2-5,16H,6H2,1H3. The molecule has 1 N–H and O–H groups in total. The number of thiazole rings is 1. The third kappa shape index (κ3) is 2.46. The van der Waals surface area contributed by atoms with Gasteiger partial charge in [0.2, 0.25) is 0 Å². The Labute approximate surface area is 116 Å². The molecule has 98 valence electrons. The summed E-state index contributed by atoms with van der Waals surface area (Å²) in [5.74, 6) is -1.14. The minimum absolute atomic E-state index is 0.376. The van der Waals surface area contributed by atoms with Crippen molar-refractivity contribution in [3.05, 3.63) is 45.1 Å². The van der Waals surface area contributed by atoms with Gasteiger partial charge in [0.05, 0.1) is 16.8 Å². The van der Waals surface area contributed by atoms with E-state index in [0.717, 1.165) is 16.8 Å². The Kier molecular flexibility index (Phi) is 3.20. The molecule has 0 spiro atoms. The number of nitrogens with one attached hydrogen (secondary N) is 1. The zero-order chi connectivity index (χ0) is 13.4. The van der Waals surface area contributed by atoms with E-state index in [1.807, 2.05) is 18.4 Å². The lowest BCUT2D eigenvalue weighted by Gasteiger charge is -2.01. The molecule has 0 aliphatic rings. The molecule has 0 amide bonds. The molecule has 2 nitrogen and oxygen atoms in total. The Hall–Kier alpha value is -1.53. The fourth-order valence-corrected chi connectivity index (χ4v) is 3.39. The average Bonchev–Trinajstić information content (AvgIpc) is 2.92. The predicted octanol–water partition coefficient (Wildman–Crippen LogP) is 4.56. The summed E-state index contributed by atoms with van der Waals surface area (Å²) in [6.07, 6.45) is 0. The summed E-state index contributed by atoms with van der Waals surface area (Å²) < 4.78 is 27.0. The van der Waals surface area contributed by atoms with Gasteiger partial charge in [-0.05, 0) is 18.4 Å². The maximum Gasteiger partial charge on any atom is 0.145 e. The van der Waals surface area contributed by atoms with E-state index in [9.17, 15) is 8.78 Å². The fraction of sp³-hybridized carbons (Fsp3) is 0.154. The Morgan fingerprint density at radius 3 is 2.89 bits per heavy atom. The highest BCUT2D eigenvalue weighted by molar-refractivity contribution is 7.18. The van der Waals surface area contributed by atoms with Crippen LogP contribution in [0.2, 0.25) is 0 Å². The largest absolute Gasteiger partial charge is 0.378 e. The molecule has 0 atom stereocenters. The highest BCUT2D eigenvalue weighted by atomic mass is 32.1. The Morgan fingerprint density at radius 2 is 2.16 bits per heavy atom. The molecule has 0 aliphatic heterocycles. The van der Waals surface area contributed by atoms with Crippen molar-refractivity contribution in [2.45, 2.75) is 13.5 Å². The lowest BCUT2D eigenvalue weighted by Crippen LogP contribution is -1.98. The molecule has 3 aromatic rings. The zero-order valence-electron chi connectivity index (χ0n) is 10.0. The summed E-state index contributed by atoms with van der Waals surface area (Å²) in [6.45, 7) is 2.54. The number of hydrogen-bond donors (Lipinski definition) is 1. The third-order valence-electron chi connectivity index (χ3n) is 2.74. The lowest BCUT2D eigenvalue weighted by molar-refractivity contribution is 0.593. The quantitative estimate of drug-likeness (QED) is 0.766. The van der Waals surface area contributed by atoms with Crippen LogP contribution in [-0.4, -0.2) is 4.98 Å². The normalized spacial score (nSPS) is 11.1. The Morgan fingerprint density at radius 1 is 1.32 bits per heavy atom. The van der Waals surface area contributed by atoms with Crippen LogP contribution < -0.4 is 5.32 Å². The van der Waals surface area contributed by atoms with E-state index in [2.05, 4.69) is 10.3 Å². The molecule has 19 heavy (non-hydrogen) atoms. The van der Waals surface area contributed by atoms with Gasteiger partial charge in [-0.3, -0.25) is 0 Å². The number of nitrogens with zero attached hydrogens (tertiary/aromatic N) is 1. The number of aryl methyl sites for hydroxylation is 1. The second kappa shape index (κ2) is 4.86. The monoisotopic (exact) mass is 296 g/mol. The first-order valence-electron chi connectivity index (χ1n) is 5.66. The Balaban J connectivity index is 1.86. The van der Waals surface area contributed by atoms with Crippen molar-refractivity contribution in [2.24, 2.45) is 0 Å². The number of halogens is 2. The van der Waals surface area contributed by atoms with E-state index >= 15 is 0 Å². The molecular formula is C13H10F2N2S2. The number of anilines is 1.